The molecule has 0 aliphatic carbocycles. The van der Waals surface area contributed by atoms with E-state index in [2.05, 4.69) is 9.88 Å². The van der Waals surface area contributed by atoms with Crippen LogP contribution in [0.25, 0.3) is 10.2 Å². The van der Waals surface area contributed by atoms with Gasteiger partial charge < -0.3 is 4.74 Å². The van der Waals surface area contributed by atoms with Gasteiger partial charge in [0.25, 0.3) is 5.91 Å². The van der Waals surface area contributed by atoms with Crippen LogP contribution in [0.2, 0.25) is 0 Å². The number of nitrogens with zero attached hydrogens (tertiary/aromatic N) is 4. The Morgan fingerprint density at radius 2 is 1.78 bits per heavy atom. The van der Waals surface area contributed by atoms with Gasteiger partial charge in [-0.2, -0.15) is 4.31 Å². The molecule has 192 valence electrons. The Kier molecular flexibility index (Phi) is 7.63. The fraction of sp³-hybridized carbons (Fsp3) is 0.440. The van der Waals surface area contributed by atoms with E-state index in [4.69, 9.17) is 4.74 Å². The summed E-state index contributed by atoms with van der Waals surface area (Å²) < 4.78 is 47.1. The van der Waals surface area contributed by atoms with E-state index >= 15 is 0 Å². The number of fused-ring (bicyclic) bond motifs is 1. The predicted octanol–water partition coefficient (Wildman–Crippen LogP) is 3.59. The molecule has 0 radical (unpaired) electrons. The van der Waals surface area contributed by atoms with E-state index in [1.165, 1.54) is 39.9 Å². The van der Waals surface area contributed by atoms with Crippen LogP contribution < -0.4 is 4.90 Å². The number of aromatic nitrogens is 1. The van der Waals surface area contributed by atoms with Gasteiger partial charge in [-0.3, -0.25) is 14.6 Å². The number of ether oxygens (including phenoxy) is 1. The molecule has 2 saturated heterocycles. The lowest BCUT2D eigenvalue weighted by molar-refractivity contribution is 0.0376. The zero-order valence-corrected chi connectivity index (χ0v) is 21.6. The minimum atomic E-state index is -3.55. The molecule has 36 heavy (non-hydrogen) atoms. The topological polar surface area (TPSA) is 83.1 Å². The van der Waals surface area contributed by atoms with E-state index in [0.717, 1.165) is 38.9 Å². The summed E-state index contributed by atoms with van der Waals surface area (Å²) in [5, 5.41) is 0.497. The Balaban J connectivity index is 1.37. The molecule has 0 bridgehead atoms. The van der Waals surface area contributed by atoms with Gasteiger partial charge in [0.15, 0.2) is 5.13 Å². The highest BCUT2D eigenvalue weighted by Gasteiger charge is 2.28. The molecule has 2 fully saturated rings. The number of carbonyl (C=O) groups excluding carboxylic acids is 1. The highest BCUT2D eigenvalue weighted by atomic mass is 32.2. The minimum absolute atomic E-state index is 0.190. The van der Waals surface area contributed by atoms with Crippen LogP contribution in [0.1, 0.15) is 29.6 Å². The molecule has 0 unspecified atom stereocenters. The van der Waals surface area contributed by atoms with E-state index in [-0.39, 0.29) is 16.6 Å². The fourth-order valence-corrected chi connectivity index (χ4v) is 7.10. The van der Waals surface area contributed by atoms with Crippen LogP contribution in [0.3, 0.4) is 0 Å². The van der Waals surface area contributed by atoms with E-state index < -0.39 is 10.0 Å². The molecular formula is C25H29FN4O4S2. The molecule has 1 amide bonds. The summed E-state index contributed by atoms with van der Waals surface area (Å²) in [6.07, 6.45) is 2.46. The van der Waals surface area contributed by atoms with Gasteiger partial charge in [0.2, 0.25) is 10.0 Å². The van der Waals surface area contributed by atoms with Gasteiger partial charge in [0.05, 0.1) is 28.3 Å². The van der Waals surface area contributed by atoms with Crippen molar-refractivity contribution in [1.29, 1.82) is 0 Å². The van der Waals surface area contributed by atoms with Crippen molar-refractivity contribution in [3.63, 3.8) is 0 Å². The summed E-state index contributed by atoms with van der Waals surface area (Å²) in [6.45, 7) is 5.45. The van der Waals surface area contributed by atoms with E-state index in [1.807, 2.05) is 0 Å². The fourth-order valence-electron chi connectivity index (χ4n) is 4.57. The summed E-state index contributed by atoms with van der Waals surface area (Å²) in [5.74, 6) is -0.612. The normalized spacial score (nSPS) is 17.6. The molecular weight excluding hydrogens is 503 g/mol. The van der Waals surface area contributed by atoms with Crippen molar-refractivity contribution in [2.75, 3.05) is 57.4 Å². The van der Waals surface area contributed by atoms with Gasteiger partial charge >= 0.3 is 0 Å². The van der Waals surface area contributed by atoms with Gasteiger partial charge in [0, 0.05) is 44.8 Å². The Bertz CT molecular complexity index is 1320. The number of hydrogen-bond acceptors (Lipinski definition) is 7. The number of morpholine rings is 1. The maximum atomic E-state index is 13.8. The lowest BCUT2D eigenvalue weighted by Crippen LogP contribution is -2.39. The third-order valence-corrected chi connectivity index (χ3v) is 9.53. The van der Waals surface area contributed by atoms with Crippen molar-refractivity contribution in [2.24, 2.45) is 0 Å². The number of sulfonamides is 1. The van der Waals surface area contributed by atoms with Crippen LogP contribution in [-0.4, -0.2) is 81.0 Å². The van der Waals surface area contributed by atoms with Crippen molar-refractivity contribution < 1.29 is 22.3 Å². The van der Waals surface area contributed by atoms with Crippen LogP contribution in [0.4, 0.5) is 9.52 Å². The highest BCUT2D eigenvalue weighted by Crippen LogP contribution is 2.31. The van der Waals surface area contributed by atoms with Crippen LogP contribution in [0.15, 0.2) is 47.4 Å². The highest BCUT2D eigenvalue weighted by molar-refractivity contribution is 7.89. The van der Waals surface area contributed by atoms with Crippen molar-refractivity contribution in [3.05, 3.63) is 53.8 Å². The quantitative estimate of drug-likeness (QED) is 0.441. The SMILES string of the molecule is O=C(c1ccc(S(=O)(=O)N2CCCC2)cc1)N(CCCN1CCOCC1)c1nc2ccc(F)cc2s1. The Hall–Kier alpha value is -2.44. The average Bonchev–Trinajstić information content (AvgIpc) is 3.58. The molecule has 5 rings (SSSR count). The molecule has 11 heteroatoms. The van der Waals surface area contributed by atoms with Crippen LogP contribution in [-0.2, 0) is 14.8 Å². The lowest BCUT2D eigenvalue weighted by atomic mass is 10.2. The number of rotatable bonds is 8. The lowest BCUT2D eigenvalue weighted by Gasteiger charge is -2.27. The van der Waals surface area contributed by atoms with Gasteiger partial charge in [-0.05, 0) is 61.7 Å². The van der Waals surface area contributed by atoms with Gasteiger partial charge in [0.1, 0.15) is 5.82 Å². The zero-order chi connectivity index (χ0) is 25.1. The smallest absolute Gasteiger partial charge is 0.260 e. The molecule has 1 aromatic heterocycles. The number of benzene rings is 2. The standard InChI is InChI=1S/C25H29FN4O4S2/c26-20-6-9-22-23(18-20)35-25(27-22)30(13-3-10-28-14-16-34-17-15-28)24(31)19-4-7-21(8-5-19)36(32,33)29-11-1-2-12-29/h4-9,18H,1-3,10-17H2. The van der Waals surface area contributed by atoms with Crippen molar-refractivity contribution in [3.8, 4) is 0 Å². The summed E-state index contributed by atoms with van der Waals surface area (Å²) in [7, 11) is -3.55. The van der Waals surface area contributed by atoms with E-state index in [0.29, 0.717) is 53.8 Å². The number of anilines is 1. The third kappa shape index (κ3) is 5.45. The summed E-state index contributed by atoms with van der Waals surface area (Å²) in [4.78, 5) is 22.3. The molecule has 0 atom stereocenters. The number of amides is 1. The summed E-state index contributed by atoms with van der Waals surface area (Å²) in [5.41, 5.74) is 1.02. The van der Waals surface area contributed by atoms with Gasteiger partial charge in [-0.25, -0.2) is 17.8 Å². The first-order valence-electron chi connectivity index (χ1n) is 12.2. The van der Waals surface area contributed by atoms with Gasteiger partial charge in [-0.1, -0.05) is 11.3 Å². The Labute approximate surface area is 214 Å². The maximum Gasteiger partial charge on any atom is 0.260 e. The Morgan fingerprint density at radius 1 is 1.06 bits per heavy atom. The van der Waals surface area contributed by atoms with Crippen molar-refractivity contribution in [1.82, 2.24) is 14.2 Å². The van der Waals surface area contributed by atoms with Crippen LogP contribution >= 0.6 is 11.3 Å². The molecule has 8 nitrogen and oxygen atoms in total. The maximum absolute atomic E-state index is 13.8. The van der Waals surface area contributed by atoms with E-state index in [1.54, 1.807) is 23.1 Å². The van der Waals surface area contributed by atoms with Crippen molar-refractivity contribution in [2.45, 2.75) is 24.2 Å². The summed E-state index contributed by atoms with van der Waals surface area (Å²) >= 11 is 1.27. The van der Waals surface area contributed by atoms with Crippen LogP contribution in [0.5, 0.6) is 0 Å². The molecule has 0 N–H and O–H groups in total. The number of hydrogen-bond donors (Lipinski definition) is 0. The van der Waals surface area contributed by atoms with Crippen molar-refractivity contribution >= 4 is 42.6 Å². The third-order valence-electron chi connectivity index (χ3n) is 6.58. The second kappa shape index (κ2) is 10.9. The molecule has 3 aromatic rings. The molecule has 0 saturated carbocycles. The first kappa shape index (κ1) is 25.2. The molecule has 2 aliphatic heterocycles. The second-order valence-electron chi connectivity index (χ2n) is 9.01. The largest absolute Gasteiger partial charge is 0.379 e. The predicted molar refractivity (Wildman–Crippen MR) is 138 cm³/mol. The average molecular weight is 533 g/mol. The first-order valence-corrected chi connectivity index (χ1v) is 14.5. The zero-order valence-electron chi connectivity index (χ0n) is 19.9. The first-order chi connectivity index (χ1) is 17.4. The van der Waals surface area contributed by atoms with Gasteiger partial charge in [-0.15, -0.1) is 0 Å². The Morgan fingerprint density at radius 3 is 2.50 bits per heavy atom. The molecule has 2 aliphatic rings. The number of carbonyl (C=O) groups is 1. The number of thiazole rings is 1. The monoisotopic (exact) mass is 532 g/mol. The van der Waals surface area contributed by atoms with Crippen LogP contribution in [0, 0.1) is 5.82 Å². The second-order valence-corrected chi connectivity index (χ2v) is 12.0. The number of halogens is 1. The minimum Gasteiger partial charge on any atom is -0.379 e. The molecule has 2 aromatic carbocycles. The summed E-state index contributed by atoms with van der Waals surface area (Å²) in [6, 6.07) is 10.5. The molecule has 0 spiro atoms. The molecule has 3 heterocycles. The van der Waals surface area contributed by atoms with E-state index in [9.17, 15) is 17.6 Å².